The predicted octanol–water partition coefficient (Wildman–Crippen LogP) is 2.51. The van der Waals surface area contributed by atoms with Gasteiger partial charge >= 0.3 is 5.97 Å². The molecule has 0 spiro atoms. The summed E-state index contributed by atoms with van der Waals surface area (Å²) in [4.78, 5) is 10.4. The molecule has 0 unspecified atom stereocenters. The van der Waals surface area contributed by atoms with Crippen LogP contribution < -0.4 is 0 Å². The van der Waals surface area contributed by atoms with Gasteiger partial charge in [0.25, 0.3) is 0 Å². The quantitative estimate of drug-likeness (QED) is 0.750. The first-order chi connectivity index (χ1) is 9.74. The monoisotopic (exact) mass is 273 g/mol. The van der Waals surface area contributed by atoms with Crippen LogP contribution in [0.25, 0.3) is 0 Å². The molecule has 0 bridgehead atoms. The van der Waals surface area contributed by atoms with Crippen molar-refractivity contribution in [2.45, 2.75) is 38.6 Å². The number of benzene rings is 1. The minimum Gasteiger partial charge on any atom is -0.481 e. The number of carbonyl (C=O) groups is 1. The van der Waals surface area contributed by atoms with Gasteiger partial charge in [0.05, 0.1) is 5.69 Å². The van der Waals surface area contributed by atoms with Crippen molar-refractivity contribution in [3.8, 4) is 0 Å². The summed E-state index contributed by atoms with van der Waals surface area (Å²) in [6.45, 7) is 0.793. The van der Waals surface area contributed by atoms with Crippen molar-refractivity contribution in [3.05, 3.63) is 47.8 Å². The normalized spacial score (nSPS) is 10.6. The van der Waals surface area contributed by atoms with Gasteiger partial charge in [-0.15, -0.1) is 5.10 Å². The molecule has 2 aromatic rings. The van der Waals surface area contributed by atoms with Crippen molar-refractivity contribution in [1.29, 1.82) is 0 Å². The van der Waals surface area contributed by atoms with E-state index in [2.05, 4.69) is 22.4 Å². The molecular weight excluding hydrogens is 254 g/mol. The molecule has 0 aliphatic rings. The van der Waals surface area contributed by atoms with Gasteiger partial charge in [-0.3, -0.25) is 9.48 Å². The molecule has 0 radical (unpaired) electrons. The van der Waals surface area contributed by atoms with Crippen LogP contribution in [0.15, 0.2) is 36.5 Å². The number of hydrogen-bond acceptors (Lipinski definition) is 3. The molecule has 0 atom stereocenters. The fraction of sp³-hybridized carbons (Fsp3) is 0.400. The van der Waals surface area contributed by atoms with E-state index in [-0.39, 0.29) is 6.42 Å². The summed E-state index contributed by atoms with van der Waals surface area (Å²) in [5.74, 6) is -0.726. The molecule has 0 amide bonds. The summed E-state index contributed by atoms with van der Waals surface area (Å²) in [6.07, 6.45) is 5.56. The number of nitrogens with zero attached hydrogens (tertiary/aromatic N) is 3. The first-order valence-electron chi connectivity index (χ1n) is 6.89. The first kappa shape index (κ1) is 14.2. The Morgan fingerprint density at radius 2 is 1.95 bits per heavy atom. The van der Waals surface area contributed by atoms with Crippen LogP contribution in [0.3, 0.4) is 0 Å². The Morgan fingerprint density at radius 1 is 1.15 bits per heavy atom. The molecule has 0 saturated heterocycles. The van der Waals surface area contributed by atoms with Gasteiger partial charge in [0, 0.05) is 25.6 Å². The van der Waals surface area contributed by atoms with Crippen LogP contribution >= 0.6 is 0 Å². The largest absolute Gasteiger partial charge is 0.481 e. The molecule has 20 heavy (non-hydrogen) atoms. The number of aromatic nitrogens is 3. The number of carboxylic acids is 1. The third-order valence-electron chi connectivity index (χ3n) is 3.09. The molecule has 1 heterocycles. The molecule has 1 N–H and O–H groups in total. The summed E-state index contributed by atoms with van der Waals surface area (Å²) in [5.41, 5.74) is 2.18. The lowest BCUT2D eigenvalue weighted by molar-refractivity contribution is -0.137. The lowest BCUT2D eigenvalue weighted by atomic mass is 10.1. The summed E-state index contributed by atoms with van der Waals surface area (Å²) in [5, 5.41) is 16.8. The van der Waals surface area contributed by atoms with Crippen LogP contribution in [0.2, 0.25) is 0 Å². The lowest BCUT2D eigenvalue weighted by Crippen LogP contribution is -2.00. The SMILES string of the molecule is O=C(O)CCCCCn1cc(Cc2ccccc2)nn1. The second-order valence-electron chi connectivity index (χ2n) is 4.84. The maximum absolute atomic E-state index is 10.4. The number of carboxylic acid groups (broad SMARTS) is 1. The fourth-order valence-electron chi connectivity index (χ4n) is 2.06. The second kappa shape index (κ2) is 7.43. The zero-order valence-corrected chi connectivity index (χ0v) is 11.4. The van der Waals surface area contributed by atoms with E-state index in [1.54, 1.807) is 0 Å². The zero-order valence-electron chi connectivity index (χ0n) is 11.4. The number of aliphatic carboxylic acids is 1. The van der Waals surface area contributed by atoms with E-state index in [0.717, 1.165) is 37.9 Å². The average Bonchev–Trinajstić information content (AvgIpc) is 2.87. The molecule has 1 aromatic heterocycles. The number of unbranched alkanes of at least 4 members (excludes halogenated alkanes) is 2. The van der Waals surface area contributed by atoms with Gasteiger partial charge in [0.15, 0.2) is 0 Å². The van der Waals surface area contributed by atoms with Crippen molar-refractivity contribution in [2.75, 3.05) is 0 Å². The van der Waals surface area contributed by atoms with Crippen molar-refractivity contribution in [1.82, 2.24) is 15.0 Å². The minimum absolute atomic E-state index is 0.247. The van der Waals surface area contributed by atoms with Crippen molar-refractivity contribution in [3.63, 3.8) is 0 Å². The number of hydrogen-bond donors (Lipinski definition) is 1. The smallest absolute Gasteiger partial charge is 0.303 e. The molecule has 106 valence electrons. The Morgan fingerprint density at radius 3 is 2.70 bits per heavy atom. The van der Waals surface area contributed by atoms with Gasteiger partial charge in [-0.25, -0.2) is 0 Å². The minimum atomic E-state index is -0.726. The summed E-state index contributed by atoms with van der Waals surface area (Å²) in [6, 6.07) is 10.2. The summed E-state index contributed by atoms with van der Waals surface area (Å²) >= 11 is 0. The Labute approximate surface area is 118 Å². The second-order valence-corrected chi connectivity index (χ2v) is 4.84. The van der Waals surface area contributed by atoms with E-state index in [1.807, 2.05) is 29.1 Å². The van der Waals surface area contributed by atoms with E-state index in [1.165, 1.54) is 5.56 Å². The third kappa shape index (κ3) is 4.84. The lowest BCUT2D eigenvalue weighted by Gasteiger charge is -1.99. The topological polar surface area (TPSA) is 68.0 Å². The van der Waals surface area contributed by atoms with E-state index in [0.29, 0.717) is 0 Å². The first-order valence-corrected chi connectivity index (χ1v) is 6.89. The van der Waals surface area contributed by atoms with Gasteiger partial charge in [-0.05, 0) is 18.4 Å². The maximum Gasteiger partial charge on any atom is 0.303 e. The van der Waals surface area contributed by atoms with Crippen LogP contribution in [0.5, 0.6) is 0 Å². The van der Waals surface area contributed by atoms with Crippen molar-refractivity contribution in [2.24, 2.45) is 0 Å². The molecule has 2 rings (SSSR count). The van der Waals surface area contributed by atoms with E-state index < -0.39 is 5.97 Å². The highest BCUT2D eigenvalue weighted by molar-refractivity contribution is 5.66. The van der Waals surface area contributed by atoms with Gasteiger partial charge < -0.3 is 5.11 Å². The summed E-state index contributed by atoms with van der Waals surface area (Å²) < 4.78 is 1.83. The van der Waals surface area contributed by atoms with Crippen LogP contribution in [0, 0.1) is 0 Å². The van der Waals surface area contributed by atoms with Crippen LogP contribution in [0.4, 0.5) is 0 Å². The molecule has 0 aliphatic carbocycles. The highest BCUT2D eigenvalue weighted by Crippen LogP contribution is 2.07. The molecule has 0 saturated carbocycles. The van der Waals surface area contributed by atoms with Crippen molar-refractivity contribution >= 4 is 5.97 Å². The van der Waals surface area contributed by atoms with E-state index in [9.17, 15) is 4.79 Å². The third-order valence-corrected chi connectivity index (χ3v) is 3.09. The highest BCUT2D eigenvalue weighted by Gasteiger charge is 2.02. The number of rotatable bonds is 8. The predicted molar refractivity (Wildman–Crippen MR) is 75.4 cm³/mol. The molecular formula is C15H19N3O2. The maximum atomic E-state index is 10.4. The molecule has 5 nitrogen and oxygen atoms in total. The highest BCUT2D eigenvalue weighted by atomic mass is 16.4. The standard InChI is InChI=1S/C15H19N3O2/c19-15(20)9-5-2-6-10-18-12-14(16-17-18)11-13-7-3-1-4-8-13/h1,3-4,7-8,12H,2,5-6,9-11H2,(H,19,20). The van der Waals surface area contributed by atoms with Gasteiger partial charge in [-0.1, -0.05) is 42.0 Å². The zero-order chi connectivity index (χ0) is 14.2. The van der Waals surface area contributed by atoms with E-state index >= 15 is 0 Å². The van der Waals surface area contributed by atoms with Crippen LogP contribution in [-0.2, 0) is 17.8 Å². The number of aryl methyl sites for hydroxylation is 1. The molecule has 1 aromatic carbocycles. The Hall–Kier alpha value is -2.17. The van der Waals surface area contributed by atoms with Gasteiger partial charge in [0.1, 0.15) is 0 Å². The van der Waals surface area contributed by atoms with E-state index in [4.69, 9.17) is 5.11 Å². The molecule has 0 aliphatic heterocycles. The van der Waals surface area contributed by atoms with Crippen LogP contribution in [0.1, 0.15) is 36.9 Å². The molecule has 0 fully saturated rings. The van der Waals surface area contributed by atoms with Crippen molar-refractivity contribution < 1.29 is 9.90 Å². The fourth-order valence-corrected chi connectivity index (χ4v) is 2.06. The molecule has 5 heteroatoms. The average molecular weight is 273 g/mol. The Bertz CT molecular complexity index is 537. The summed E-state index contributed by atoms with van der Waals surface area (Å²) in [7, 11) is 0. The van der Waals surface area contributed by atoms with Crippen LogP contribution in [-0.4, -0.2) is 26.1 Å². The Balaban J connectivity index is 1.73. The van der Waals surface area contributed by atoms with Gasteiger partial charge in [-0.2, -0.15) is 0 Å². The van der Waals surface area contributed by atoms with Gasteiger partial charge in [0.2, 0.25) is 0 Å². The Kier molecular flexibility index (Phi) is 5.29.